The summed E-state index contributed by atoms with van der Waals surface area (Å²) in [5.41, 5.74) is 5.24. The number of nitrogens with zero attached hydrogens (tertiary/aromatic N) is 1. The molecule has 0 saturated heterocycles. The first-order valence-electron chi connectivity index (χ1n) is 12.7. The maximum Gasteiger partial charge on any atom is 0.261 e. The lowest BCUT2D eigenvalue weighted by Crippen LogP contribution is -2.51. The van der Waals surface area contributed by atoms with Crippen molar-refractivity contribution in [2.24, 2.45) is 0 Å². The van der Waals surface area contributed by atoms with Crippen molar-refractivity contribution in [2.45, 2.75) is 59.5 Å². The Kier molecular flexibility index (Phi) is 10.1. The van der Waals surface area contributed by atoms with E-state index in [1.165, 1.54) is 0 Å². The van der Waals surface area contributed by atoms with Crippen molar-refractivity contribution in [1.29, 1.82) is 0 Å². The van der Waals surface area contributed by atoms with Crippen LogP contribution in [0.25, 0.3) is 0 Å². The van der Waals surface area contributed by atoms with Crippen molar-refractivity contribution in [3.05, 3.63) is 101 Å². The van der Waals surface area contributed by atoms with E-state index in [1.54, 1.807) is 4.90 Å². The Morgan fingerprint density at radius 1 is 0.889 bits per heavy atom. The summed E-state index contributed by atoms with van der Waals surface area (Å²) < 4.78 is 5.97. The summed E-state index contributed by atoms with van der Waals surface area (Å²) in [7, 11) is 0. The molecule has 0 saturated carbocycles. The molecule has 0 heterocycles. The standard InChI is InChI=1S/C31H38N2O3/c1-5-6-19-32-31(35)28(20-26-12-8-7-9-13-26)33(21-27-17-15-23(2)16-18-27)30(34)22-36-29-14-10-11-24(3)25(29)4/h7-18,28H,5-6,19-22H2,1-4H3,(H,32,35)/t28-/m0/s1. The third-order valence-electron chi connectivity index (χ3n) is 6.48. The molecule has 1 N–H and O–H groups in total. The molecule has 2 amide bonds. The topological polar surface area (TPSA) is 58.6 Å². The van der Waals surface area contributed by atoms with Crippen molar-refractivity contribution in [2.75, 3.05) is 13.2 Å². The quantitative estimate of drug-likeness (QED) is 0.342. The second-order valence-electron chi connectivity index (χ2n) is 9.34. The number of hydrogen-bond donors (Lipinski definition) is 1. The first kappa shape index (κ1) is 27.0. The minimum Gasteiger partial charge on any atom is -0.483 e. The molecule has 190 valence electrons. The first-order chi connectivity index (χ1) is 17.4. The van der Waals surface area contributed by atoms with Gasteiger partial charge in [-0.2, -0.15) is 0 Å². The fraction of sp³-hybridized carbons (Fsp3) is 0.355. The van der Waals surface area contributed by atoms with Gasteiger partial charge in [0.1, 0.15) is 11.8 Å². The number of hydrogen-bond acceptors (Lipinski definition) is 3. The normalized spacial score (nSPS) is 11.6. The number of carbonyl (C=O) groups excluding carboxylic acids is 2. The van der Waals surface area contributed by atoms with Gasteiger partial charge in [-0.1, -0.05) is 85.6 Å². The number of benzene rings is 3. The van der Waals surface area contributed by atoms with Crippen LogP contribution >= 0.6 is 0 Å². The van der Waals surface area contributed by atoms with Crippen LogP contribution in [0.1, 0.15) is 47.6 Å². The van der Waals surface area contributed by atoms with Gasteiger partial charge in [-0.15, -0.1) is 0 Å². The first-order valence-corrected chi connectivity index (χ1v) is 12.7. The minimum atomic E-state index is -0.653. The van der Waals surface area contributed by atoms with Crippen LogP contribution in [0.5, 0.6) is 5.75 Å². The fourth-order valence-electron chi connectivity index (χ4n) is 4.05. The second-order valence-corrected chi connectivity index (χ2v) is 9.34. The van der Waals surface area contributed by atoms with Gasteiger partial charge in [-0.05, 0) is 55.5 Å². The predicted molar refractivity (Wildman–Crippen MR) is 145 cm³/mol. The number of amides is 2. The van der Waals surface area contributed by atoms with Gasteiger partial charge in [0.2, 0.25) is 5.91 Å². The van der Waals surface area contributed by atoms with Crippen molar-refractivity contribution < 1.29 is 14.3 Å². The largest absolute Gasteiger partial charge is 0.483 e. The molecule has 3 aromatic carbocycles. The van der Waals surface area contributed by atoms with E-state index in [2.05, 4.69) is 12.2 Å². The van der Waals surface area contributed by atoms with Gasteiger partial charge in [0.25, 0.3) is 5.91 Å². The lowest BCUT2D eigenvalue weighted by Gasteiger charge is -2.31. The highest BCUT2D eigenvalue weighted by atomic mass is 16.5. The van der Waals surface area contributed by atoms with Crippen LogP contribution in [0.4, 0.5) is 0 Å². The van der Waals surface area contributed by atoms with Gasteiger partial charge < -0.3 is 15.0 Å². The Hall–Kier alpha value is -3.60. The van der Waals surface area contributed by atoms with E-state index in [0.717, 1.165) is 40.7 Å². The molecular weight excluding hydrogens is 448 g/mol. The van der Waals surface area contributed by atoms with E-state index in [1.807, 2.05) is 93.6 Å². The van der Waals surface area contributed by atoms with E-state index < -0.39 is 6.04 Å². The lowest BCUT2D eigenvalue weighted by atomic mass is 10.0. The highest BCUT2D eigenvalue weighted by molar-refractivity contribution is 5.88. The molecule has 36 heavy (non-hydrogen) atoms. The number of aryl methyl sites for hydroxylation is 2. The smallest absolute Gasteiger partial charge is 0.261 e. The third-order valence-corrected chi connectivity index (χ3v) is 6.48. The van der Waals surface area contributed by atoms with E-state index in [0.29, 0.717) is 25.3 Å². The maximum absolute atomic E-state index is 13.7. The highest BCUT2D eigenvalue weighted by Crippen LogP contribution is 2.21. The second kappa shape index (κ2) is 13.5. The van der Waals surface area contributed by atoms with Gasteiger partial charge in [0.15, 0.2) is 6.61 Å². The summed E-state index contributed by atoms with van der Waals surface area (Å²) in [4.78, 5) is 28.8. The number of unbranched alkanes of at least 4 members (excludes halogenated alkanes) is 1. The molecule has 0 radical (unpaired) electrons. The molecule has 0 aliphatic rings. The van der Waals surface area contributed by atoms with Crippen molar-refractivity contribution >= 4 is 11.8 Å². The average Bonchev–Trinajstić information content (AvgIpc) is 2.88. The van der Waals surface area contributed by atoms with Gasteiger partial charge in [-0.3, -0.25) is 9.59 Å². The number of ether oxygens (including phenoxy) is 1. The van der Waals surface area contributed by atoms with Gasteiger partial charge in [-0.25, -0.2) is 0 Å². The van der Waals surface area contributed by atoms with E-state index in [9.17, 15) is 9.59 Å². The highest BCUT2D eigenvalue weighted by Gasteiger charge is 2.30. The molecule has 1 atom stereocenters. The molecule has 5 heteroatoms. The fourth-order valence-corrected chi connectivity index (χ4v) is 4.05. The van der Waals surface area contributed by atoms with Crippen molar-refractivity contribution in [3.63, 3.8) is 0 Å². The third kappa shape index (κ3) is 7.70. The molecule has 0 fully saturated rings. The van der Waals surface area contributed by atoms with Gasteiger partial charge >= 0.3 is 0 Å². The number of carbonyl (C=O) groups is 2. The van der Waals surface area contributed by atoms with Crippen LogP contribution in [-0.4, -0.2) is 35.9 Å². The van der Waals surface area contributed by atoms with Crippen molar-refractivity contribution in [1.82, 2.24) is 10.2 Å². The maximum atomic E-state index is 13.7. The minimum absolute atomic E-state index is 0.135. The molecule has 3 rings (SSSR count). The Bertz CT molecular complexity index is 1130. The van der Waals surface area contributed by atoms with Crippen LogP contribution < -0.4 is 10.1 Å². The van der Waals surface area contributed by atoms with Crippen LogP contribution in [-0.2, 0) is 22.6 Å². The van der Waals surface area contributed by atoms with Gasteiger partial charge in [0, 0.05) is 19.5 Å². The zero-order chi connectivity index (χ0) is 25.9. The van der Waals surface area contributed by atoms with E-state index in [4.69, 9.17) is 4.74 Å². The average molecular weight is 487 g/mol. The summed E-state index contributed by atoms with van der Waals surface area (Å²) in [5, 5.41) is 3.05. The van der Waals surface area contributed by atoms with Crippen LogP contribution in [0.15, 0.2) is 72.8 Å². The SMILES string of the molecule is CCCCNC(=O)[C@H](Cc1ccccc1)N(Cc1ccc(C)cc1)C(=O)COc1cccc(C)c1C. The summed E-state index contributed by atoms with van der Waals surface area (Å²) in [6.45, 7) is 8.90. The van der Waals surface area contributed by atoms with Crippen molar-refractivity contribution in [3.8, 4) is 5.75 Å². The molecule has 3 aromatic rings. The summed E-state index contributed by atoms with van der Waals surface area (Å²) >= 11 is 0. The van der Waals surface area contributed by atoms with Crippen LogP contribution in [0.3, 0.4) is 0 Å². The summed E-state index contributed by atoms with van der Waals surface area (Å²) in [6, 6.07) is 23.1. The van der Waals surface area contributed by atoms with Crippen LogP contribution in [0, 0.1) is 20.8 Å². The predicted octanol–water partition coefficient (Wildman–Crippen LogP) is 5.55. The Labute approximate surface area is 215 Å². The number of rotatable bonds is 12. The summed E-state index contributed by atoms with van der Waals surface area (Å²) in [6.07, 6.45) is 2.31. The molecule has 0 spiro atoms. The number of nitrogens with one attached hydrogen (secondary N) is 1. The molecular formula is C31H38N2O3. The van der Waals surface area contributed by atoms with E-state index in [-0.39, 0.29) is 18.4 Å². The molecule has 0 unspecified atom stereocenters. The molecule has 0 aromatic heterocycles. The van der Waals surface area contributed by atoms with Crippen LogP contribution in [0.2, 0.25) is 0 Å². The Balaban J connectivity index is 1.89. The zero-order valence-corrected chi connectivity index (χ0v) is 21.9. The monoisotopic (exact) mass is 486 g/mol. The lowest BCUT2D eigenvalue weighted by molar-refractivity contribution is -0.142. The van der Waals surface area contributed by atoms with E-state index >= 15 is 0 Å². The summed E-state index contributed by atoms with van der Waals surface area (Å²) in [5.74, 6) is 0.327. The molecule has 0 aliphatic carbocycles. The van der Waals surface area contributed by atoms with Gasteiger partial charge in [0.05, 0.1) is 0 Å². The zero-order valence-electron chi connectivity index (χ0n) is 21.9. The molecule has 0 bridgehead atoms. The molecule has 5 nitrogen and oxygen atoms in total. The molecule has 0 aliphatic heterocycles. The Morgan fingerprint density at radius 2 is 1.61 bits per heavy atom. The Morgan fingerprint density at radius 3 is 2.31 bits per heavy atom.